The van der Waals surface area contributed by atoms with Crippen LogP contribution in [0.15, 0.2) is 36.5 Å². The minimum atomic E-state index is -0.565. The molecule has 1 aliphatic rings. The van der Waals surface area contributed by atoms with Crippen LogP contribution < -0.4 is 5.73 Å². The molecule has 2 N–H and O–H groups in total. The van der Waals surface area contributed by atoms with Gasteiger partial charge < -0.3 is 15.2 Å². The molecule has 25 heavy (non-hydrogen) atoms. The number of hydrogen-bond donors (Lipinski definition) is 2. The lowest BCUT2D eigenvalue weighted by atomic mass is 9.94. The van der Waals surface area contributed by atoms with Gasteiger partial charge in [-0.05, 0) is 5.92 Å². The summed E-state index contributed by atoms with van der Waals surface area (Å²) in [6.07, 6.45) is 3.07. The Morgan fingerprint density at radius 3 is 2.72 bits per heavy atom. The molecule has 0 radical (unpaired) electrons. The van der Waals surface area contributed by atoms with Gasteiger partial charge in [-0.2, -0.15) is 12.6 Å². The van der Waals surface area contributed by atoms with Crippen molar-refractivity contribution in [2.45, 2.75) is 38.9 Å². The second kappa shape index (κ2) is 7.62. The number of amides is 1. The Labute approximate surface area is 154 Å². The molecule has 1 aromatic carbocycles. The van der Waals surface area contributed by atoms with Crippen LogP contribution >= 0.6 is 12.6 Å². The van der Waals surface area contributed by atoms with Gasteiger partial charge in [-0.25, -0.2) is 4.98 Å². The number of nitrogens with two attached hydrogens (primary N) is 1. The molecule has 0 fully saturated rings. The fourth-order valence-corrected chi connectivity index (χ4v) is 3.57. The van der Waals surface area contributed by atoms with E-state index in [1.54, 1.807) is 0 Å². The van der Waals surface area contributed by atoms with Gasteiger partial charge in [0.1, 0.15) is 5.82 Å². The minimum Gasteiger partial charge on any atom is -0.331 e. The van der Waals surface area contributed by atoms with Crippen molar-refractivity contribution in [3.8, 4) is 11.3 Å². The summed E-state index contributed by atoms with van der Waals surface area (Å²) in [5.74, 6) is 1.59. The van der Waals surface area contributed by atoms with Crippen molar-refractivity contribution < 1.29 is 4.79 Å². The molecule has 0 saturated heterocycles. The third kappa shape index (κ3) is 3.46. The zero-order valence-electron chi connectivity index (χ0n) is 14.8. The van der Waals surface area contributed by atoms with Crippen molar-refractivity contribution >= 4 is 18.5 Å². The largest absolute Gasteiger partial charge is 0.331 e. The third-order valence-electron chi connectivity index (χ3n) is 5.04. The minimum absolute atomic E-state index is 0.0317. The Kier molecular flexibility index (Phi) is 5.49. The van der Waals surface area contributed by atoms with E-state index in [0.717, 1.165) is 30.0 Å². The maximum Gasteiger partial charge on any atom is 0.241 e. The first-order valence-corrected chi connectivity index (χ1v) is 9.49. The van der Waals surface area contributed by atoms with Gasteiger partial charge >= 0.3 is 0 Å². The predicted molar refractivity (Wildman–Crippen MR) is 103 cm³/mol. The summed E-state index contributed by atoms with van der Waals surface area (Å²) < 4.78 is 2.19. The Morgan fingerprint density at radius 2 is 2.08 bits per heavy atom. The first kappa shape index (κ1) is 18.0. The van der Waals surface area contributed by atoms with Crippen molar-refractivity contribution in [1.29, 1.82) is 0 Å². The van der Waals surface area contributed by atoms with Gasteiger partial charge in [-0.15, -0.1) is 0 Å². The van der Waals surface area contributed by atoms with Crippen LogP contribution in [0.1, 0.15) is 32.1 Å². The molecular formula is C19H26N4OS. The number of nitrogens with zero attached hydrogens (tertiary/aromatic N) is 3. The molecule has 0 bridgehead atoms. The zero-order valence-corrected chi connectivity index (χ0v) is 15.7. The summed E-state index contributed by atoms with van der Waals surface area (Å²) >= 11 is 4.19. The summed E-state index contributed by atoms with van der Waals surface area (Å²) in [5.41, 5.74) is 8.02. The van der Waals surface area contributed by atoms with Crippen LogP contribution in [0.3, 0.4) is 0 Å². The maximum absolute atomic E-state index is 12.8. The Morgan fingerprint density at radius 1 is 1.36 bits per heavy atom. The SMILES string of the molecule is CC[C@@H](C)[C@H]1c2nc(-c3ccccc3)cn2CCN1C(=O)[C@H](N)CS. The van der Waals surface area contributed by atoms with E-state index >= 15 is 0 Å². The smallest absolute Gasteiger partial charge is 0.241 e. The lowest BCUT2D eigenvalue weighted by molar-refractivity contribution is -0.137. The number of carbonyl (C=O) groups is 1. The van der Waals surface area contributed by atoms with E-state index in [-0.39, 0.29) is 11.9 Å². The molecule has 2 aromatic rings. The summed E-state index contributed by atoms with van der Waals surface area (Å²) in [6.45, 7) is 5.72. The van der Waals surface area contributed by atoms with Crippen LogP contribution in [0.25, 0.3) is 11.3 Å². The lowest BCUT2D eigenvalue weighted by Gasteiger charge is -2.40. The van der Waals surface area contributed by atoms with Crippen molar-refractivity contribution in [3.05, 3.63) is 42.4 Å². The molecule has 3 rings (SSSR count). The second-order valence-electron chi connectivity index (χ2n) is 6.69. The van der Waals surface area contributed by atoms with Crippen molar-refractivity contribution in [3.63, 3.8) is 0 Å². The van der Waals surface area contributed by atoms with E-state index in [0.29, 0.717) is 18.2 Å². The summed E-state index contributed by atoms with van der Waals surface area (Å²) in [5, 5.41) is 0. The van der Waals surface area contributed by atoms with Crippen LogP contribution in [0.5, 0.6) is 0 Å². The van der Waals surface area contributed by atoms with Crippen molar-refractivity contribution in [1.82, 2.24) is 14.5 Å². The normalized spacial score (nSPS) is 19.4. The predicted octanol–water partition coefficient (Wildman–Crippen LogP) is 2.74. The summed E-state index contributed by atoms with van der Waals surface area (Å²) in [4.78, 5) is 19.6. The van der Waals surface area contributed by atoms with Crippen LogP contribution in [0, 0.1) is 5.92 Å². The molecule has 1 amide bonds. The fraction of sp³-hybridized carbons (Fsp3) is 0.474. The molecule has 2 heterocycles. The second-order valence-corrected chi connectivity index (χ2v) is 7.06. The quantitative estimate of drug-likeness (QED) is 0.808. The highest BCUT2D eigenvalue weighted by molar-refractivity contribution is 7.80. The van der Waals surface area contributed by atoms with E-state index < -0.39 is 6.04 Å². The highest BCUT2D eigenvalue weighted by Crippen LogP contribution is 2.35. The molecule has 6 heteroatoms. The molecule has 134 valence electrons. The van der Waals surface area contributed by atoms with Gasteiger partial charge in [0, 0.05) is 30.6 Å². The molecule has 0 unspecified atom stereocenters. The standard InChI is InChI=1S/C19H26N4OS/c1-3-13(2)17-18-21-16(14-7-5-4-6-8-14)11-22(18)9-10-23(17)19(24)15(20)12-25/h4-8,11,13,15,17,25H,3,9-10,12,20H2,1-2H3/t13-,15-,17+/m1/s1. The fourth-order valence-electron chi connectivity index (χ4n) is 3.41. The number of benzene rings is 1. The average molecular weight is 359 g/mol. The van der Waals surface area contributed by atoms with E-state index in [9.17, 15) is 4.79 Å². The number of aromatic nitrogens is 2. The molecule has 0 spiro atoms. The van der Waals surface area contributed by atoms with Crippen LogP contribution in [0.2, 0.25) is 0 Å². The molecule has 5 nitrogen and oxygen atoms in total. The number of thiol groups is 1. The van der Waals surface area contributed by atoms with Gasteiger partial charge in [-0.3, -0.25) is 4.79 Å². The van der Waals surface area contributed by atoms with Gasteiger partial charge in [0.05, 0.1) is 17.8 Å². The van der Waals surface area contributed by atoms with Gasteiger partial charge in [0.15, 0.2) is 0 Å². The van der Waals surface area contributed by atoms with Crippen molar-refractivity contribution in [2.75, 3.05) is 12.3 Å². The van der Waals surface area contributed by atoms with Crippen molar-refractivity contribution in [2.24, 2.45) is 11.7 Å². The number of rotatable bonds is 5. The lowest BCUT2D eigenvalue weighted by Crippen LogP contribution is -2.51. The van der Waals surface area contributed by atoms with E-state index in [1.807, 2.05) is 23.1 Å². The molecule has 0 aliphatic carbocycles. The highest BCUT2D eigenvalue weighted by atomic mass is 32.1. The summed E-state index contributed by atoms with van der Waals surface area (Å²) in [7, 11) is 0. The first-order chi connectivity index (χ1) is 12.1. The average Bonchev–Trinajstić information content (AvgIpc) is 3.10. The number of fused-ring (bicyclic) bond motifs is 1. The topological polar surface area (TPSA) is 64.2 Å². The van der Waals surface area contributed by atoms with Gasteiger partial charge in [0.2, 0.25) is 5.91 Å². The highest BCUT2D eigenvalue weighted by Gasteiger charge is 2.37. The van der Waals surface area contributed by atoms with Crippen LogP contribution in [-0.2, 0) is 11.3 Å². The van der Waals surface area contributed by atoms with E-state index in [1.165, 1.54) is 0 Å². The molecule has 3 atom stereocenters. The van der Waals surface area contributed by atoms with E-state index in [4.69, 9.17) is 10.7 Å². The number of carbonyl (C=O) groups excluding carboxylic acids is 1. The third-order valence-corrected chi connectivity index (χ3v) is 5.43. The van der Waals surface area contributed by atoms with E-state index in [2.05, 4.69) is 49.4 Å². The van der Waals surface area contributed by atoms with Gasteiger partial charge in [-0.1, -0.05) is 50.6 Å². The van der Waals surface area contributed by atoms with Crippen LogP contribution in [-0.4, -0.2) is 38.7 Å². The Hall–Kier alpha value is -1.79. The molecule has 1 aliphatic heterocycles. The molecular weight excluding hydrogens is 332 g/mol. The Bertz CT molecular complexity index is 730. The molecule has 1 aromatic heterocycles. The zero-order chi connectivity index (χ0) is 18.0. The first-order valence-electron chi connectivity index (χ1n) is 8.86. The maximum atomic E-state index is 12.8. The number of imidazole rings is 1. The summed E-state index contributed by atoms with van der Waals surface area (Å²) in [6, 6.07) is 9.54. The monoisotopic (exact) mass is 358 g/mol. The number of hydrogen-bond acceptors (Lipinski definition) is 4. The van der Waals surface area contributed by atoms with Gasteiger partial charge in [0.25, 0.3) is 0 Å². The molecule has 0 saturated carbocycles. The van der Waals surface area contributed by atoms with Crippen LogP contribution in [0.4, 0.5) is 0 Å². The Balaban J connectivity index is 1.99.